The van der Waals surface area contributed by atoms with Crippen LogP contribution in [-0.4, -0.2) is 44.4 Å². The van der Waals surface area contributed by atoms with Crippen LogP contribution in [0.3, 0.4) is 0 Å². The highest BCUT2D eigenvalue weighted by Crippen LogP contribution is 2.22. The average Bonchev–Trinajstić information content (AvgIpc) is 2.37. The first kappa shape index (κ1) is 16.1. The number of rotatable bonds is 5. The van der Waals surface area contributed by atoms with Gasteiger partial charge in [-0.15, -0.1) is 0 Å². The quantitative estimate of drug-likeness (QED) is 0.629. The van der Waals surface area contributed by atoms with Crippen molar-refractivity contribution in [3.63, 3.8) is 0 Å². The zero-order valence-electron chi connectivity index (χ0n) is 11.7. The smallest absolute Gasteiger partial charge is 0.437 e. The van der Waals surface area contributed by atoms with E-state index in [1.165, 1.54) is 12.1 Å². The maximum atomic E-state index is 12.5. The molecule has 0 spiro atoms. The van der Waals surface area contributed by atoms with Gasteiger partial charge < -0.3 is 19.3 Å². The van der Waals surface area contributed by atoms with E-state index in [-0.39, 0.29) is 11.8 Å². The van der Waals surface area contributed by atoms with E-state index in [4.69, 9.17) is 0 Å². The number of anilines is 1. The highest BCUT2D eigenvalue weighted by Gasteiger charge is 2.24. The zero-order chi connectivity index (χ0) is 15.5. The molecule has 21 heavy (non-hydrogen) atoms. The van der Waals surface area contributed by atoms with Crippen molar-refractivity contribution in [2.75, 3.05) is 18.4 Å². The van der Waals surface area contributed by atoms with Gasteiger partial charge in [0, 0.05) is 24.3 Å². The highest BCUT2D eigenvalue weighted by molar-refractivity contribution is 7.81. The van der Waals surface area contributed by atoms with Crippen LogP contribution in [0.4, 0.5) is 9.57 Å². The summed E-state index contributed by atoms with van der Waals surface area (Å²) in [5, 5.41) is 12.8. The van der Waals surface area contributed by atoms with E-state index in [9.17, 15) is 17.3 Å². The molecule has 116 valence electrons. The third-order valence-corrected chi connectivity index (χ3v) is 3.77. The molecule has 1 atom stereocenters. The molecule has 9 heteroatoms. The summed E-state index contributed by atoms with van der Waals surface area (Å²) in [6.45, 7) is 3.26. The molecule has 1 fully saturated rings. The largest absolute Gasteiger partial charge is 0.488 e. The minimum atomic E-state index is -5.02. The van der Waals surface area contributed by atoms with Gasteiger partial charge in [-0.25, -0.2) is 0 Å². The second-order valence-corrected chi connectivity index (χ2v) is 6.07. The van der Waals surface area contributed by atoms with Gasteiger partial charge in [0.05, 0.1) is 0 Å². The van der Waals surface area contributed by atoms with Gasteiger partial charge in [0.25, 0.3) is 0 Å². The first-order valence-corrected chi connectivity index (χ1v) is 8.07. The number of hydrogen-bond donors (Lipinski definition) is 2. The van der Waals surface area contributed by atoms with Crippen LogP contribution in [0.2, 0.25) is 6.82 Å². The van der Waals surface area contributed by atoms with Crippen LogP contribution in [0.15, 0.2) is 24.3 Å². The fourth-order valence-electron chi connectivity index (χ4n) is 2.45. The molecule has 1 heterocycles. The molecular weight excluding hydrogens is 298 g/mol. The van der Waals surface area contributed by atoms with Gasteiger partial charge in [0.1, 0.15) is 5.75 Å². The van der Waals surface area contributed by atoms with Crippen molar-refractivity contribution in [2.24, 2.45) is 0 Å². The topological polar surface area (TPSA) is 78.9 Å². The number of hydrogen-bond acceptors (Lipinski definition) is 6. The van der Waals surface area contributed by atoms with Crippen molar-refractivity contribution in [1.29, 1.82) is 0 Å². The van der Waals surface area contributed by atoms with Gasteiger partial charge in [-0.3, -0.25) is 0 Å². The maximum absolute atomic E-state index is 12.5. The summed E-state index contributed by atoms with van der Waals surface area (Å²) >= 11 is 0. The molecule has 0 unspecified atom stereocenters. The summed E-state index contributed by atoms with van der Waals surface area (Å²) in [5.41, 5.74) is 0.647. The predicted molar refractivity (Wildman–Crippen MR) is 79.2 cm³/mol. The highest BCUT2D eigenvalue weighted by atomic mass is 32.3. The molecule has 0 amide bonds. The fourth-order valence-corrected chi connectivity index (χ4v) is 2.79. The van der Waals surface area contributed by atoms with Gasteiger partial charge in [-0.05, 0) is 38.3 Å². The number of nitrogens with zero attached hydrogens (tertiary/aromatic N) is 1. The summed E-state index contributed by atoms with van der Waals surface area (Å²) in [7, 11) is -5.52. The minimum Gasteiger partial charge on any atom is -0.437 e. The molecule has 0 saturated carbocycles. The second kappa shape index (κ2) is 6.63. The molecule has 1 saturated heterocycles. The van der Waals surface area contributed by atoms with Crippen LogP contribution < -0.4 is 9.50 Å². The first-order valence-electron chi connectivity index (χ1n) is 6.76. The lowest BCUT2D eigenvalue weighted by Gasteiger charge is -2.34. The Hall–Kier alpha value is -1.32. The molecular formula is C12H18BFN2O4S. The number of halogens is 1. The molecule has 1 aliphatic rings. The van der Waals surface area contributed by atoms with Crippen molar-refractivity contribution < 1.29 is 21.5 Å². The summed E-state index contributed by atoms with van der Waals surface area (Å²) in [5.74, 6) is -0.0781. The van der Waals surface area contributed by atoms with Gasteiger partial charge in [0.2, 0.25) is 0 Å². The SMILES string of the molecule is CB(O)N1CCC[C@@H](Nc2cccc(OS(=O)(=O)F)c2)C1. The lowest BCUT2D eigenvalue weighted by atomic mass is 9.82. The zero-order valence-corrected chi connectivity index (χ0v) is 12.5. The molecule has 0 aromatic heterocycles. The van der Waals surface area contributed by atoms with Crippen molar-refractivity contribution in [2.45, 2.75) is 25.7 Å². The molecule has 0 bridgehead atoms. The van der Waals surface area contributed by atoms with Crippen LogP contribution in [0.25, 0.3) is 0 Å². The molecule has 6 nitrogen and oxygen atoms in total. The number of nitrogens with one attached hydrogen (secondary N) is 1. The van der Waals surface area contributed by atoms with Crippen molar-refractivity contribution in [1.82, 2.24) is 4.81 Å². The molecule has 2 rings (SSSR count). The van der Waals surface area contributed by atoms with Crippen molar-refractivity contribution in [3.8, 4) is 5.75 Å². The van der Waals surface area contributed by atoms with E-state index in [1.54, 1.807) is 19.0 Å². The lowest BCUT2D eigenvalue weighted by Crippen LogP contribution is -2.48. The summed E-state index contributed by atoms with van der Waals surface area (Å²) < 4.78 is 37.7. The Kier molecular flexibility index (Phi) is 5.07. The van der Waals surface area contributed by atoms with Crippen molar-refractivity contribution in [3.05, 3.63) is 24.3 Å². The Balaban J connectivity index is 2.01. The van der Waals surface area contributed by atoms with Gasteiger partial charge >= 0.3 is 17.6 Å². The summed E-state index contributed by atoms with van der Waals surface area (Å²) in [6.07, 6.45) is 1.90. The minimum absolute atomic E-state index is 0.0781. The normalized spacial score (nSPS) is 20.0. The van der Waals surface area contributed by atoms with Gasteiger partial charge in [-0.1, -0.05) is 9.95 Å². The monoisotopic (exact) mass is 316 g/mol. The standard InChI is InChI=1S/C12H18BFN2O4S/c1-13(17)16-7-3-5-11(9-16)15-10-4-2-6-12(8-10)20-21(14,18)19/h2,4,6,8,11,15,17H,3,5,7,9H2,1H3/t11-/m1/s1. The van der Waals surface area contributed by atoms with Gasteiger partial charge in [0.15, 0.2) is 0 Å². The van der Waals surface area contributed by atoms with Crippen LogP contribution >= 0.6 is 0 Å². The Labute approximate surface area is 124 Å². The fraction of sp³-hybridized carbons (Fsp3) is 0.500. The third-order valence-electron chi connectivity index (χ3n) is 3.38. The Morgan fingerprint density at radius 2 is 2.29 bits per heavy atom. The second-order valence-electron chi connectivity index (χ2n) is 5.11. The molecule has 0 radical (unpaired) electrons. The van der Waals surface area contributed by atoms with Crippen LogP contribution in [0, 0.1) is 0 Å². The Bertz CT molecular complexity index is 584. The third kappa shape index (κ3) is 5.18. The molecule has 1 aromatic carbocycles. The molecule has 0 aliphatic carbocycles. The van der Waals surface area contributed by atoms with E-state index >= 15 is 0 Å². The van der Waals surface area contributed by atoms with Gasteiger partial charge in [-0.2, -0.15) is 8.42 Å². The van der Waals surface area contributed by atoms with E-state index < -0.39 is 17.6 Å². The van der Waals surface area contributed by atoms with E-state index in [2.05, 4.69) is 9.50 Å². The van der Waals surface area contributed by atoms with E-state index in [0.29, 0.717) is 12.2 Å². The Morgan fingerprint density at radius 1 is 1.52 bits per heavy atom. The van der Waals surface area contributed by atoms with Crippen molar-refractivity contribution >= 4 is 23.2 Å². The predicted octanol–water partition coefficient (Wildman–Crippen LogP) is 1.27. The summed E-state index contributed by atoms with van der Waals surface area (Å²) in [4.78, 5) is 1.95. The van der Waals surface area contributed by atoms with Crippen LogP contribution in [-0.2, 0) is 10.5 Å². The lowest BCUT2D eigenvalue weighted by molar-refractivity contribution is 0.295. The summed E-state index contributed by atoms with van der Waals surface area (Å²) in [6, 6.07) is 6.26. The first-order chi connectivity index (χ1) is 9.83. The number of benzene rings is 1. The van der Waals surface area contributed by atoms with E-state index in [1.807, 2.05) is 4.81 Å². The molecule has 1 aromatic rings. The molecule has 1 aliphatic heterocycles. The van der Waals surface area contributed by atoms with Crippen LogP contribution in [0.5, 0.6) is 5.75 Å². The number of piperidine rings is 1. The maximum Gasteiger partial charge on any atom is 0.488 e. The average molecular weight is 316 g/mol. The van der Waals surface area contributed by atoms with Crippen LogP contribution in [0.1, 0.15) is 12.8 Å². The Morgan fingerprint density at radius 3 is 2.95 bits per heavy atom. The van der Waals surface area contributed by atoms with E-state index in [0.717, 1.165) is 19.4 Å². The molecule has 2 N–H and O–H groups in total.